The highest BCUT2D eigenvalue weighted by Gasteiger charge is 2.15. The monoisotopic (exact) mass is 318 g/mol. The normalized spacial score (nSPS) is 11.3. The van der Waals surface area contributed by atoms with Crippen LogP contribution in [0.1, 0.15) is 25.5 Å². The Labute approximate surface area is 132 Å². The molecule has 3 nitrogen and oxygen atoms in total. The van der Waals surface area contributed by atoms with E-state index >= 15 is 0 Å². The molecule has 5 heteroatoms. The van der Waals surface area contributed by atoms with Crippen LogP contribution in [0.2, 0.25) is 5.02 Å². The number of hydrogen-bond donors (Lipinski definition) is 0. The van der Waals surface area contributed by atoms with E-state index in [1.807, 2.05) is 18.2 Å². The van der Waals surface area contributed by atoms with Crippen LogP contribution in [0.4, 0.5) is 0 Å². The first-order valence-electron chi connectivity index (χ1n) is 6.68. The minimum absolute atomic E-state index is 0.400. The van der Waals surface area contributed by atoms with Gasteiger partial charge in [-0.05, 0) is 18.1 Å². The maximum absolute atomic E-state index is 6.60. The van der Waals surface area contributed by atoms with Crippen LogP contribution >= 0.6 is 22.9 Å². The second-order valence-corrected chi connectivity index (χ2v) is 6.31. The molecule has 1 aromatic carbocycles. The van der Waals surface area contributed by atoms with Gasteiger partial charge < -0.3 is 4.74 Å². The lowest BCUT2D eigenvalue weighted by atomic mass is 10.1. The quantitative estimate of drug-likeness (QED) is 0.670. The predicted octanol–water partition coefficient (Wildman–Crippen LogP) is 5.14. The van der Waals surface area contributed by atoms with E-state index in [0.29, 0.717) is 10.9 Å². The van der Waals surface area contributed by atoms with Gasteiger partial charge in [-0.25, -0.2) is 4.98 Å². The fourth-order valence-electron chi connectivity index (χ4n) is 2.17. The molecule has 2 heterocycles. The first-order chi connectivity index (χ1) is 10.1. The summed E-state index contributed by atoms with van der Waals surface area (Å²) in [4.78, 5) is 9.14. The minimum atomic E-state index is 0.400. The molecule has 0 atom stereocenters. The molecule has 3 rings (SSSR count). The number of hydrogen-bond acceptors (Lipinski definition) is 4. The summed E-state index contributed by atoms with van der Waals surface area (Å²) in [6.45, 7) is 4.25. The van der Waals surface area contributed by atoms with Gasteiger partial charge in [0.1, 0.15) is 10.8 Å². The SMILES string of the molecule is COc1cccc2ncc(-c3nc(C(C)C)cs3)c(Cl)c12. The third-order valence-electron chi connectivity index (χ3n) is 3.36. The van der Waals surface area contributed by atoms with Gasteiger partial charge in [-0.15, -0.1) is 11.3 Å². The second-order valence-electron chi connectivity index (χ2n) is 5.07. The summed E-state index contributed by atoms with van der Waals surface area (Å²) < 4.78 is 5.40. The van der Waals surface area contributed by atoms with Crippen molar-refractivity contribution in [2.24, 2.45) is 0 Å². The zero-order valence-corrected chi connectivity index (χ0v) is 13.6. The number of aromatic nitrogens is 2. The smallest absolute Gasteiger partial charge is 0.129 e. The average molecular weight is 319 g/mol. The molecule has 3 aromatic rings. The van der Waals surface area contributed by atoms with Gasteiger partial charge in [0, 0.05) is 17.1 Å². The highest BCUT2D eigenvalue weighted by Crippen LogP contribution is 2.39. The Kier molecular flexibility index (Phi) is 3.83. The zero-order valence-electron chi connectivity index (χ0n) is 12.1. The lowest BCUT2D eigenvalue weighted by molar-refractivity contribution is 0.420. The Hall–Kier alpha value is -1.65. The van der Waals surface area contributed by atoms with Gasteiger partial charge in [0.15, 0.2) is 0 Å². The first-order valence-corrected chi connectivity index (χ1v) is 7.94. The molecule has 0 N–H and O–H groups in total. The summed E-state index contributed by atoms with van der Waals surface area (Å²) in [5, 5.41) is 4.44. The van der Waals surface area contributed by atoms with Crippen molar-refractivity contribution < 1.29 is 4.74 Å². The van der Waals surface area contributed by atoms with Crippen LogP contribution in [-0.2, 0) is 0 Å². The van der Waals surface area contributed by atoms with Crippen LogP contribution in [0.5, 0.6) is 5.75 Å². The Morgan fingerprint density at radius 3 is 2.76 bits per heavy atom. The summed E-state index contributed by atoms with van der Waals surface area (Å²) in [5.41, 5.74) is 2.75. The maximum Gasteiger partial charge on any atom is 0.129 e. The number of rotatable bonds is 3. The van der Waals surface area contributed by atoms with E-state index in [-0.39, 0.29) is 0 Å². The highest BCUT2D eigenvalue weighted by molar-refractivity contribution is 7.13. The van der Waals surface area contributed by atoms with Crippen LogP contribution in [-0.4, -0.2) is 17.1 Å². The molecule has 0 fully saturated rings. The number of benzene rings is 1. The highest BCUT2D eigenvalue weighted by atomic mass is 35.5. The molecule has 0 saturated heterocycles. The standard InChI is InChI=1S/C16H15ClN2OS/c1-9(2)12-8-21-16(19-12)10-7-18-11-5-4-6-13(20-3)14(11)15(10)17/h4-9H,1-3H3. The topological polar surface area (TPSA) is 35.0 Å². The molecule has 0 radical (unpaired) electrons. The van der Waals surface area contributed by atoms with Gasteiger partial charge >= 0.3 is 0 Å². The molecule has 108 valence electrons. The van der Waals surface area contributed by atoms with Gasteiger partial charge in [0.05, 0.1) is 28.7 Å². The van der Waals surface area contributed by atoms with Crippen LogP contribution in [0, 0.1) is 0 Å². The summed E-state index contributed by atoms with van der Waals surface area (Å²) in [6.07, 6.45) is 1.78. The van der Waals surface area contributed by atoms with Gasteiger partial charge in [-0.3, -0.25) is 4.98 Å². The number of thiazole rings is 1. The van der Waals surface area contributed by atoms with Crippen LogP contribution in [0.3, 0.4) is 0 Å². The molecule has 21 heavy (non-hydrogen) atoms. The van der Waals surface area contributed by atoms with Gasteiger partial charge in [-0.1, -0.05) is 31.5 Å². The lowest BCUT2D eigenvalue weighted by Gasteiger charge is -2.09. The number of nitrogens with zero attached hydrogens (tertiary/aromatic N) is 2. The Bertz CT molecular complexity index is 798. The second kappa shape index (κ2) is 5.62. The third kappa shape index (κ3) is 2.49. The van der Waals surface area contributed by atoms with Crippen molar-refractivity contribution in [1.82, 2.24) is 9.97 Å². The predicted molar refractivity (Wildman–Crippen MR) is 88.5 cm³/mol. The Balaban J connectivity index is 2.21. The molecule has 0 saturated carbocycles. The summed E-state index contributed by atoms with van der Waals surface area (Å²) >= 11 is 8.19. The van der Waals surface area contributed by atoms with E-state index in [4.69, 9.17) is 16.3 Å². The van der Waals surface area contributed by atoms with Crippen molar-refractivity contribution in [3.8, 4) is 16.3 Å². The van der Waals surface area contributed by atoms with E-state index in [9.17, 15) is 0 Å². The molecular weight excluding hydrogens is 304 g/mol. The van der Waals surface area contributed by atoms with Crippen molar-refractivity contribution in [1.29, 1.82) is 0 Å². The fraction of sp³-hybridized carbons (Fsp3) is 0.250. The lowest BCUT2D eigenvalue weighted by Crippen LogP contribution is -1.91. The van der Waals surface area contributed by atoms with E-state index in [1.54, 1.807) is 24.6 Å². The first kappa shape index (κ1) is 14.3. The number of pyridine rings is 1. The van der Waals surface area contributed by atoms with E-state index in [0.717, 1.165) is 32.9 Å². The third-order valence-corrected chi connectivity index (χ3v) is 4.64. The van der Waals surface area contributed by atoms with Crippen LogP contribution < -0.4 is 4.74 Å². The van der Waals surface area contributed by atoms with Crippen molar-refractivity contribution in [2.75, 3.05) is 7.11 Å². The molecule has 0 spiro atoms. The number of halogens is 1. The number of methoxy groups -OCH3 is 1. The number of ether oxygens (including phenoxy) is 1. The molecule has 0 bridgehead atoms. The van der Waals surface area contributed by atoms with Gasteiger partial charge in [0.2, 0.25) is 0 Å². The van der Waals surface area contributed by atoms with Crippen molar-refractivity contribution in [2.45, 2.75) is 19.8 Å². The fourth-order valence-corrected chi connectivity index (χ4v) is 3.55. The number of fused-ring (bicyclic) bond motifs is 1. The average Bonchev–Trinajstić information content (AvgIpc) is 2.97. The van der Waals surface area contributed by atoms with Gasteiger partial charge in [0.25, 0.3) is 0 Å². The molecule has 0 aliphatic rings. The molecular formula is C16H15ClN2OS. The van der Waals surface area contributed by atoms with Crippen LogP contribution in [0.15, 0.2) is 29.8 Å². The van der Waals surface area contributed by atoms with E-state index in [1.165, 1.54) is 0 Å². The molecule has 0 aliphatic heterocycles. The largest absolute Gasteiger partial charge is 0.496 e. The van der Waals surface area contributed by atoms with Crippen molar-refractivity contribution in [3.63, 3.8) is 0 Å². The zero-order chi connectivity index (χ0) is 15.0. The van der Waals surface area contributed by atoms with E-state index < -0.39 is 0 Å². The molecule has 0 aliphatic carbocycles. The van der Waals surface area contributed by atoms with Crippen molar-refractivity contribution in [3.05, 3.63) is 40.5 Å². The van der Waals surface area contributed by atoms with Gasteiger partial charge in [-0.2, -0.15) is 0 Å². The minimum Gasteiger partial charge on any atom is -0.496 e. The summed E-state index contributed by atoms with van der Waals surface area (Å²) in [5.74, 6) is 1.13. The van der Waals surface area contributed by atoms with E-state index in [2.05, 4.69) is 29.2 Å². The Morgan fingerprint density at radius 1 is 1.29 bits per heavy atom. The van der Waals surface area contributed by atoms with Crippen LogP contribution in [0.25, 0.3) is 21.5 Å². The molecule has 2 aromatic heterocycles. The maximum atomic E-state index is 6.60. The summed E-state index contributed by atoms with van der Waals surface area (Å²) in [6, 6.07) is 5.72. The van der Waals surface area contributed by atoms with Crippen molar-refractivity contribution >= 4 is 33.8 Å². The summed E-state index contributed by atoms with van der Waals surface area (Å²) in [7, 11) is 1.64. The molecule has 0 amide bonds. The Morgan fingerprint density at radius 2 is 2.10 bits per heavy atom. The molecule has 0 unspecified atom stereocenters.